The molecule has 5 rings (SSSR count). The van der Waals surface area contributed by atoms with E-state index in [1.807, 2.05) is 0 Å². The van der Waals surface area contributed by atoms with Crippen molar-refractivity contribution < 1.29 is 14.5 Å². The Hall–Kier alpha value is -1.91. The summed E-state index contributed by atoms with van der Waals surface area (Å²) in [4.78, 5) is 22.8. The third kappa shape index (κ3) is 2.28. The third-order valence-corrected chi connectivity index (χ3v) is 5.58. The molecule has 0 amide bonds. The van der Waals surface area contributed by atoms with Gasteiger partial charge in [0.1, 0.15) is 5.60 Å². The van der Waals surface area contributed by atoms with E-state index in [1.165, 1.54) is 37.5 Å². The van der Waals surface area contributed by atoms with Crippen molar-refractivity contribution in [2.75, 3.05) is 0 Å². The first-order chi connectivity index (χ1) is 10.5. The van der Waals surface area contributed by atoms with E-state index in [1.54, 1.807) is 6.07 Å². The number of hydrogen-bond acceptors (Lipinski definition) is 4. The van der Waals surface area contributed by atoms with Crippen molar-refractivity contribution in [2.24, 2.45) is 17.8 Å². The van der Waals surface area contributed by atoms with Crippen LogP contribution in [-0.2, 0) is 4.74 Å². The summed E-state index contributed by atoms with van der Waals surface area (Å²) in [5.74, 6) is 1.68. The molecule has 0 aliphatic heterocycles. The lowest BCUT2D eigenvalue weighted by Gasteiger charge is -2.55. The number of nitrogens with zero attached hydrogens (tertiary/aromatic N) is 1. The van der Waals surface area contributed by atoms with Gasteiger partial charge in [-0.2, -0.15) is 0 Å². The fourth-order valence-electron chi connectivity index (χ4n) is 5.16. The Morgan fingerprint density at radius 2 is 1.73 bits per heavy atom. The maximum atomic E-state index is 12.5. The number of nitro benzene ring substituents is 1. The van der Waals surface area contributed by atoms with Crippen LogP contribution in [0.1, 0.15) is 48.9 Å². The molecule has 0 atom stereocenters. The second-order valence-corrected chi connectivity index (χ2v) is 7.30. The normalized spacial score (nSPS) is 35.4. The zero-order valence-electron chi connectivity index (χ0n) is 12.4. The first-order valence-electron chi connectivity index (χ1n) is 8.01. The first-order valence-corrected chi connectivity index (χ1v) is 8.01. The van der Waals surface area contributed by atoms with Crippen LogP contribution in [0.2, 0.25) is 0 Å². The highest BCUT2D eigenvalue weighted by Gasteiger charge is 2.53. The predicted molar refractivity (Wildman–Crippen MR) is 79.4 cm³/mol. The average molecular weight is 301 g/mol. The molecule has 4 aliphatic carbocycles. The van der Waals surface area contributed by atoms with E-state index in [0.717, 1.165) is 19.3 Å². The molecule has 5 nitrogen and oxygen atoms in total. The van der Waals surface area contributed by atoms with E-state index in [9.17, 15) is 14.9 Å². The standard InChI is InChI=1S/C17H19NO4/c19-16(14-2-1-3-15(7-14)18(20)21)22-17-8-11-4-12(9-17)6-13(5-11)10-17/h1-3,7,11-13H,4-6,8-10H2. The van der Waals surface area contributed by atoms with Gasteiger partial charge < -0.3 is 4.74 Å². The Morgan fingerprint density at radius 3 is 2.27 bits per heavy atom. The van der Waals surface area contributed by atoms with E-state index in [4.69, 9.17) is 4.74 Å². The molecular formula is C17H19NO4. The number of carbonyl (C=O) groups is 1. The molecule has 4 bridgehead atoms. The summed E-state index contributed by atoms with van der Waals surface area (Å²) in [5, 5.41) is 10.8. The second-order valence-electron chi connectivity index (χ2n) is 7.30. The Morgan fingerprint density at radius 1 is 1.14 bits per heavy atom. The fraction of sp³-hybridized carbons (Fsp3) is 0.588. The van der Waals surface area contributed by atoms with Crippen LogP contribution in [0.15, 0.2) is 24.3 Å². The lowest BCUT2D eigenvalue weighted by molar-refractivity contribution is -0.384. The summed E-state index contributed by atoms with van der Waals surface area (Å²) in [6, 6.07) is 5.83. The zero-order chi connectivity index (χ0) is 15.3. The van der Waals surface area contributed by atoms with Crippen molar-refractivity contribution in [2.45, 2.75) is 44.1 Å². The molecule has 1 aromatic rings. The molecule has 0 radical (unpaired) electrons. The summed E-state index contributed by atoms with van der Waals surface area (Å²) < 4.78 is 5.91. The van der Waals surface area contributed by atoms with Gasteiger partial charge in [0.05, 0.1) is 10.5 Å². The maximum absolute atomic E-state index is 12.5. The van der Waals surface area contributed by atoms with Crippen LogP contribution in [-0.4, -0.2) is 16.5 Å². The van der Waals surface area contributed by atoms with Gasteiger partial charge in [-0.25, -0.2) is 4.79 Å². The topological polar surface area (TPSA) is 69.4 Å². The molecule has 0 N–H and O–H groups in total. The van der Waals surface area contributed by atoms with E-state index in [0.29, 0.717) is 17.8 Å². The highest BCUT2D eigenvalue weighted by molar-refractivity contribution is 5.90. The summed E-state index contributed by atoms with van der Waals surface area (Å²) in [6.07, 6.45) is 6.77. The molecule has 116 valence electrons. The average Bonchev–Trinajstić information content (AvgIpc) is 2.45. The van der Waals surface area contributed by atoms with Gasteiger partial charge in [0.25, 0.3) is 5.69 Å². The maximum Gasteiger partial charge on any atom is 0.338 e. The van der Waals surface area contributed by atoms with Crippen LogP contribution in [0.4, 0.5) is 5.69 Å². The molecule has 0 unspecified atom stereocenters. The number of rotatable bonds is 3. The SMILES string of the molecule is O=C(OC12CC3CC(CC(C3)C1)C2)c1cccc([N+](=O)[O-])c1. The number of esters is 1. The number of benzene rings is 1. The molecule has 0 spiro atoms. The molecule has 5 heteroatoms. The second kappa shape index (κ2) is 4.80. The smallest absolute Gasteiger partial charge is 0.338 e. The van der Waals surface area contributed by atoms with Crippen molar-refractivity contribution >= 4 is 11.7 Å². The molecule has 4 fully saturated rings. The minimum absolute atomic E-state index is 0.0695. The molecule has 4 saturated carbocycles. The monoisotopic (exact) mass is 301 g/mol. The number of ether oxygens (including phenoxy) is 1. The van der Waals surface area contributed by atoms with Gasteiger partial charge in [-0.3, -0.25) is 10.1 Å². The molecule has 22 heavy (non-hydrogen) atoms. The van der Waals surface area contributed by atoms with Gasteiger partial charge in [-0.1, -0.05) is 6.07 Å². The van der Waals surface area contributed by atoms with Crippen LogP contribution in [0, 0.1) is 27.9 Å². The Balaban J connectivity index is 1.55. The van der Waals surface area contributed by atoms with Gasteiger partial charge in [0, 0.05) is 12.1 Å². The number of nitro groups is 1. The summed E-state index contributed by atoms with van der Waals surface area (Å²) in [5.41, 5.74) is -0.0962. The van der Waals surface area contributed by atoms with Crippen molar-refractivity contribution in [1.82, 2.24) is 0 Å². The van der Waals surface area contributed by atoms with E-state index >= 15 is 0 Å². The highest BCUT2D eigenvalue weighted by atomic mass is 16.6. The molecule has 0 saturated heterocycles. The Bertz CT molecular complexity index is 604. The highest BCUT2D eigenvalue weighted by Crippen LogP contribution is 2.57. The van der Waals surface area contributed by atoms with Crippen LogP contribution < -0.4 is 0 Å². The van der Waals surface area contributed by atoms with Crippen molar-refractivity contribution in [3.05, 3.63) is 39.9 Å². The lowest BCUT2D eigenvalue weighted by atomic mass is 9.54. The Labute approximate surface area is 128 Å². The quantitative estimate of drug-likeness (QED) is 0.484. The van der Waals surface area contributed by atoms with Gasteiger partial charge in [-0.05, 0) is 62.3 Å². The largest absolute Gasteiger partial charge is 0.455 e. The first kappa shape index (κ1) is 13.7. The van der Waals surface area contributed by atoms with E-state index in [2.05, 4.69) is 0 Å². The molecular weight excluding hydrogens is 282 g/mol. The number of non-ortho nitro benzene ring substituents is 1. The summed E-state index contributed by atoms with van der Waals surface area (Å²) >= 11 is 0. The molecule has 0 aromatic heterocycles. The van der Waals surface area contributed by atoms with Crippen molar-refractivity contribution in [3.63, 3.8) is 0 Å². The van der Waals surface area contributed by atoms with Gasteiger partial charge in [-0.15, -0.1) is 0 Å². The predicted octanol–water partition coefficient (Wildman–Crippen LogP) is 3.72. The summed E-state index contributed by atoms with van der Waals surface area (Å²) in [7, 11) is 0. The molecule has 1 aromatic carbocycles. The van der Waals surface area contributed by atoms with Gasteiger partial charge in [0.2, 0.25) is 0 Å². The van der Waals surface area contributed by atoms with Crippen LogP contribution in [0.3, 0.4) is 0 Å². The van der Waals surface area contributed by atoms with E-state index in [-0.39, 0.29) is 16.9 Å². The van der Waals surface area contributed by atoms with Crippen LogP contribution in [0.5, 0.6) is 0 Å². The zero-order valence-corrected chi connectivity index (χ0v) is 12.4. The van der Waals surface area contributed by atoms with Crippen LogP contribution >= 0.6 is 0 Å². The molecule has 4 aliphatic rings. The fourth-order valence-corrected chi connectivity index (χ4v) is 5.16. The van der Waals surface area contributed by atoms with Gasteiger partial charge in [0.15, 0.2) is 0 Å². The van der Waals surface area contributed by atoms with Gasteiger partial charge >= 0.3 is 5.97 Å². The van der Waals surface area contributed by atoms with Crippen molar-refractivity contribution in [3.8, 4) is 0 Å². The third-order valence-electron chi connectivity index (χ3n) is 5.58. The number of hydrogen-bond donors (Lipinski definition) is 0. The van der Waals surface area contributed by atoms with E-state index < -0.39 is 10.9 Å². The molecule has 0 heterocycles. The summed E-state index contributed by atoms with van der Waals surface area (Å²) in [6.45, 7) is 0. The minimum Gasteiger partial charge on any atom is -0.455 e. The van der Waals surface area contributed by atoms with Crippen molar-refractivity contribution in [1.29, 1.82) is 0 Å². The Kier molecular flexibility index (Phi) is 2.99. The lowest BCUT2D eigenvalue weighted by Crippen LogP contribution is -2.52. The minimum atomic E-state index is -0.485. The van der Waals surface area contributed by atoms with Crippen LogP contribution in [0.25, 0.3) is 0 Å². The number of carbonyl (C=O) groups excluding carboxylic acids is 1.